The summed E-state index contributed by atoms with van der Waals surface area (Å²) in [6, 6.07) is 11.8. The lowest BCUT2D eigenvalue weighted by atomic mass is 9.87. The first-order chi connectivity index (χ1) is 7.89. The van der Waals surface area contributed by atoms with Crippen LogP contribution in [0.5, 0.6) is 0 Å². The third-order valence-electron chi connectivity index (χ3n) is 3.54. The highest BCUT2D eigenvalue weighted by Gasteiger charge is 2.20. The molecule has 0 bridgehead atoms. The van der Waals surface area contributed by atoms with E-state index >= 15 is 0 Å². The zero-order chi connectivity index (χ0) is 12.9. The molecule has 0 aliphatic carbocycles. The van der Waals surface area contributed by atoms with Crippen LogP contribution in [0.2, 0.25) is 0 Å². The first kappa shape index (κ1) is 14.2. The molecule has 2 unspecified atom stereocenters. The molecule has 0 spiro atoms. The van der Waals surface area contributed by atoms with E-state index in [1.54, 1.807) is 0 Å². The van der Waals surface area contributed by atoms with Crippen LogP contribution < -0.4 is 5.32 Å². The maximum atomic E-state index is 3.69. The van der Waals surface area contributed by atoms with Crippen molar-refractivity contribution in [3.05, 3.63) is 35.9 Å². The van der Waals surface area contributed by atoms with E-state index in [0.717, 1.165) is 6.42 Å². The monoisotopic (exact) mass is 233 g/mol. The van der Waals surface area contributed by atoms with Crippen molar-refractivity contribution in [1.82, 2.24) is 5.32 Å². The van der Waals surface area contributed by atoms with Gasteiger partial charge in [-0.05, 0) is 37.7 Å². The summed E-state index contributed by atoms with van der Waals surface area (Å²) >= 11 is 0. The van der Waals surface area contributed by atoms with Crippen molar-refractivity contribution in [2.75, 3.05) is 0 Å². The normalized spacial score (nSPS) is 15.6. The van der Waals surface area contributed by atoms with Crippen LogP contribution in [-0.4, -0.2) is 12.1 Å². The van der Waals surface area contributed by atoms with Gasteiger partial charge in [-0.2, -0.15) is 0 Å². The van der Waals surface area contributed by atoms with Crippen molar-refractivity contribution in [2.24, 2.45) is 5.41 Å². The molecule has 0 aliphatic heterocycles. The molecule has 0 amide bonds. The largest absolute Gasteiger partial charge is 0.311 e. The van der Waals surface area contributed by atoms with Crippen LogP contribution in [0, 0.1) is 5.41 Å². The van der Waals surface area contributed by atoms with Crippen molar-refractivity contribution in [2.45, 2.75) is 59.5 Å². The van der Waals surface area contributed by atoms with E-state index in [0.29, 0.717) is 17.5 Å². The standard InChI is InChI=1S/C16H27N/c1-13(17-14(2)16(3,4)5)11-12-15-9-7-6-8-10-15/h6-10,13-14,17H,11-12H2,1-5H3. The van der Waals surface area contributed by atoms with Gasteiger partial charge in [0.25, 0.3) is 0 Å². The van der Waals surface area contributed by atoms with E-state index in [1.807, 2.05) is 0 Å². The molecule has 1 aromatic carbocycles. The first-order valence-corrected chi connectivity index (χ1v) is 6.69. The summed E-state index contributed by atoms with van der Waals surface area (Å²) in [5.41, 5.74) is 1.77. The molecule has 1 rings (SSSR count). The highest BCUT2D eigenvalue weighted by molar-refractivity contribution is 5.14. The second kappa shape index (κ2) is 6.20. The van der Waals surface area contributed by atoms with Crippen LogP contribution in [0.3, 0.4) is 0 Å². The SMILES string of the molecule is CC(CCc1ccccc1)NC(C)C(C)(C)C. The Morgan fingerprint density at radius 2 is 1.65 bits per heavy atom. The fourth-order valence-electron chi connectivity index (χ4n) is 1.79. The summed E-state index contributed by atoms with van der Waals surface area (Å²) in [5.74, 6) is 0. The van der Waals surface area contributed by atoms with Gasteiger partial charge in [0.2, 0.25) is 0 Å². The van der Waals surface area contributed by atoms with Crippen LogP contribution >= 0.6 is 0 Å². The molecule has 0 aliphatic rings. The van der Waals surface area contributed by atoms with E-state index in [9.17, 15) is 0 Å². The van der Waals surface area contributed by atoms with Crippen molar-refractivity contribution in [3.8, 4) is 0 Å². The molecule has 0 saturated heterocycles. The molecule has 17 heavy (non-hydrogen) atoms. The molecule has 1 nitrogen and oxygen atoms in total. The Labute approximate surface area is 107 Å². The summed E-state index contributed by atoms with van der Waals surface area (Å²) in [7, 11) is 0. The first-order valence-electron chi connectivity index (χ1n) is 6.69. The Morgan fingerprint density at radius 1 is 1.06 bits per heavy atom. The van der Waals surface area contributed by atoms with Gasteiger partial charge in [-0.1, -0.05) is 51.1 Å². The van der Waals surface area contributed by atoms with E-state index in [2.05, 4.69) is 70.3 Å². The predicted molar refractivity (Wildman–Crippen MR) is 76.3 cm³/mol. The molecular formula is C16H27N. The summed E-state index contributed by atoms with van der Waals surface area (Å²) < 4.78 is 0. The van der Waals surface area contributed by atoms with Gasteiger partial charge in [-0.25, -0.2) is 0 Å². The average Bonchev–Trinajstić information content (AvgIpc) is 2.26. The lowest BCUT2D eigenvalue weighted by molar-refractivity contribution is 0.263. The summed E-state index contributed by atoms with van der Waals surface area (Å²) in [5, 5.41) is 3.69. The zero-order valence-electron chi connectivity index (χ0n) is 12.0. The number of rotatable bonds is 5. The zero-order valence-corrected chi connectivity index (χ0v) is 12.0. The average molecular weight is 233 g/mol. The Bertz CT molecular complexity index is 310. The molecule has 0 aromatic heterocycles. The van der Waals surface area contributed by atoms with Gasteiger partial charge in [0.15, 0.2) is 0 Å². The topological polar surface area (TPSA) is 12.0 Å². The van der Waals surface area contributed by atoms with Crippen LogP contribution in [-0.2, 0) is 6.42 Å². The van der Waals surface area contributed by atoms with Crippen molar-refractivity contribution in [3.63, 3.8) is 0 Å². The quantitative estimate of drug-likeness (QED) is 0.809. The minimum absolute atomic E-state index is 0.334. The predicted octanol–water partition coefficient (Wildman–Crippen LogP) is 4.03. The van der Waals surface area contributed by atoms with Crippen molar-refractivity contribution < 1.29 is 0 Å². The van der Waals surface area contributed by atoms with Crippen LogP contribution in [0.1, 0.15) is 46.6 Å². The van der Waals surface area contributed by atoms with E-state index in [1.165, 1.54) is 12.0 Å². The Balaban J connectivity index is 2.33. The number of nitrogens with one attached hydrogen (secondary N) is 1. The van der Waals surface area contributed by atoms with Gasteiger partial charge in [0.05, 0.1) is 0 Å². The summed E-state index contributed by atoms with van der Waals surface area (Å²) in [4.78, 5) is 0. The van der Waals surface area contributed by atoms with Gasteiger partial charge in [0, 0.05) is 12.1 Å². The maximum Gasteiger partial charge on any atom is 0.00897 e. The third-order valence-corrected chi connectivity index (χ3v) is 3.54. The molecule has 1 heteroatoms. The van der Waals surface area contributed by atoms with E-state index in [-0.39, 0.29) is 0 Å². The minimum atomic E-state index is 0.334. The fraction of sp³-hybridized carbons (Fsp3) is 0.625. The second-order valence-electron chi connectivity index (χ2n) is 6.18. The molecule has 1 N–H and O–H groups in total. The van der Waals surface area contributed by atoms with Crippen LogP contribution in [0.4, 0.5) is 0 Å². The number of benzene rings is 1. The van der Waals surface area contributed by atoms with Gasteiger partial charge >= 0.3 is 0 Å². The van der Waals surface area contributed by atoms with Crippen molar-refractivity contribution in [1.29, 1.82) is 0 Å². The smallest absolute Gasteiger partial charge is 0.00897 e. The summed E-state index contributed by atoms with van der Waals surface area (Å²) in [6.07, 6.45) is 2.36. The number of aryl methyl sites for hydroxylation is 1. The number of hydrogen-bond acceptors (Lipinski definition) is 1. The minimum Gasteiger partial charge on any atom is -0.311 e. The molecule has 0 fully saturated rings. The Morgan fingerprint density at radius 3 is 2.18 bits per heavy atom. The van der Waals surface area contributed by atoms with Crippen LogP contribution in [0.25, 0.3) is 0 Å². The van der Waals surface area contributed by atoms with Gasteiger partial charge < -0.3 is 5.32 Å². The molecule has 0 radical (unpaired) electrons. The van der Waals surface area contributed by atoms with Gasteiger partial charge in [-0.15, -0.1) is 0 Å². The van der Waals surface area contributed by atoms with E-state index < -0.39 is 0 Å². The molecule has 0 saturated carbocycles. The van der Waals surface area contributed by atoms with Crippen LogP contribution in [0.15, 0.2) is 30.3 Å². The molecule has 96 valence electrons. The lowest BCUT2D eigenvalue weighted by Gasteiger charge is -2.31. The maximum absolute atomic E-state index is 3.69. The Hall–Kier alpha value is -0.820. The second-order valence-corrected chi connectivity index (χ2v) is 6.18. The Kier molecular flexibility index (Phi) is 5.20. The van der Waals surface area contributed by atoms with E-state index in [4.69, 9.17) is 0 Å². The highest BCUT2D eigenvalue weighted by Crippen LogP contribution is 2.19. The summed E-state index contributed by atoms with van der Waals surface area (Å²) in [6.45, 7) is 11.4. The molecule has 1 aromatic rings. The van der Waals surface area contributed by atoms with Gasteiger partial charge in [0.1, 0.15) is 0 Å². The fourth-order valence-corrected chi connectivity index (χ4v) is 1.79. The molecular weight excluding hydrogens is 206 g/mol. The lowest BCUT2D eigenvalue weighted by Crippen LogP contribution is -2.42. The van der Waals surface area contributed by atoms with Crippen molar-refractivity contribution >= 4 is 0 Å². The molecule has 2 atom stereocenters. The number of hydrogen-bond donors (Lipinski definition) is 1. The van der Waals surface area contributed by atoms with Gasteiger partial charge in [-0.3, -0.25) is 0 Å². The third kappa shape index (κ3) is 5.36. The molecule has 0 heterocycles. The highest BCUT2D eigenvalue weighted by atomic mass is 14.9.